The van der Waals surface area contributed by atoms with Crippen LogP contribution in [0.1, 0.15) is 11.1 Å². The summed E-state index contributed by atoms with van der Waals surface area (Å²) in [7, 11) is 1.31. The predicted octanol–water partition coefficient (Wildman–Crippen LogP) is 2.25. The van der Waals surface area contributed by atoms with Crippen molar-refractivity contribution in [2.24, 2.45) is 0 Å². The second-order valence-corrected chi connectivity index (χ2v) is 2.99. The zero-order chi connectivity index (χ0) is 11.5. The lowest BCUT2D eigenvalue weighted by atomic mass is 10.0. The van der Waals surface area contributed by atoms with Crippen LogP contribution in [0.4, 0.5) is 13.2 Å². The van der Waals surface area contributed by atoms with Crippen molar-refractivity contribution >= 4 is 0 Å². The van der Waals surface area contributed by atoms with Crippen LogP contribution in [0.5, 0.6) is 5.75 Å². The fraction of sp³-hybridized carbons (Fsp3) is 0.400. The highest BCUT2D eigenvalue weighted by atomic mass is 19.4. The first-order valence-corrected chi connectivity index (χ1v) is 4.34. The zero-order valence-electron chi connectivity index (χ0n) is 8.14. The lowest BCUT2D eigenvalue weighted by Gasteiger charge is -2.13. The molecule has 0 unspecified atom stereocenters. The monoisotopic (exact) mass is 220 g/mol. The molecule has 0 radical (unpaired) electrons. The quantitative estimate of drug-likeness (QED) is 0.846. The number of aliphatic hydroxyl groups excluding tert-OH is 1. The first-order valence-electron chi connectivity index (χ1n) is 4.34. The van der Waals surface area contributed by atoms with E-state index < -0.39 is 11.7 Å². The van der Waals surface area contributed by atoms with Crippen molar-refractivity contribution in [3.05, 3.63) is 29.3 Å². The number of alkyl halides is 3. The van der Waals surface area contributed by atoms with Gasteiger partial charge in [-0.3, -0.25) is 0 Å². The van der Waals surface area contributed by atoms with Crippen molar-refractivity contribution in [2.45, 2.75) is 12.6 Å². The summed E-state index contributed by atoms with van der Waals surface area (Å²) < 4.78 is 42.4. The van der Waals surface area contributed by atoms with Gasteiger partial charge >= 0.3 is 6.18 Å². The molecular formula is C10H11F3O2. The van der Waals surface area contributed by atoms with Gasteiger partial charge in [-0.25, -0.2) is 0 Å². The summed E-state index contributed by atoms with van der Waals surface area (Å²) in [6, 6.07) is 3.70. The molecule has 5 heteroatoms. The van der Waals surface area contributed by atoms with E-state index >= 15 is 0 Å². The van der Waals surface area contributed by atoms with Crippen LogP contribution in [0.2, 0.25) is 0 Å². The molecule has 0 fully saturated rings. The van der Waals surface area contributed by atoms with E-state index in [-0.39, 0.29) is 24.3 Å². The molecule has 0 aromatic heterocycles. The first-order chi connectivity index (χ1) is 6.99. The summed E-state index contributed by atoms with van der Waals surface area (Å²) in [5.41, 5.74) is -0.679. The highest BCUT2D eigenvalue weighted by Gasteiger charge is 2.33. The molecule has 84 valence electrons. The molecule has 1 N–H and O–H groups in total. The normalized spacial score (nSPS) is 11.5. The van der Waals surface area contributed by atoms with Gasteiger partial charge < -0.3 is 9.84 Å². The van der Waals surface area contributed by atoms with Crippen molar-refractivity contribution in [2.75, 3.05) is 13.7 Å². The van der Waals surface area contributed by atoms with E-state index in [2.05, 4.69) is 0 Å². The Morgan fingerprint density at radius 3 is 2.47 bits per heavy atom. The molecule has 0 aliphatic rings. The molecule has 1 rings (SSSR count). The summed E-state index contributed by atoms with van der Waals surface area (Å²) >= 11 is 0. The Labute approximate surface area is 85.3 Å². The van der Waals surface area contributed by atoms with Crippen molar-refractivity contribution in [3.63, 3.8) is 0 Å². The van der Waals surface area contributed by atoms with Crippen molar-refractivity contribution < 1.29 is 23.0 Å². The molecule has 0 spiro atoms. The van der Waals surface area contributed by atoms with Crippen LogP contribution in [-0.2, 0) is 12.6 Å². The van der Waals surface area contributed by atoms with E-state index in [0.29, 0.717) is 0 Å². The van der Waals surface area contributed by atoms with Gasteiger partial charge in [0, 0.05) is 6.61 Å². The van der Waals surface area contributed by atoms with Gasteiger partial charge in [-0.15, -0.1) is 0 Å². The standard InChI is InChI=1S/C10H11F3O2/c1-15-8-3-2-7(4-5-14)9(6-8)10(11,12)13/h2-3,6,14H,4-5H2,1H3. The van der Waals surface area contributed by atoms with Crippen LogP contribution in [0.15, 0.2) is 18.2 Å². The van der Waals surface area contributed by atoms with E-state index in [1.165, 1.54) is 19.2 Å². The fourth-order valence-corrected chi connectivity index (χ4v) is 1.28. The average molecular weight is 220 g/mol. The van der Waals surface area contributed by atoms with Gasteiger partial charge in [0.1, 0.15) is 5.75 Å². The largest absolute Gasteiger partial charge is 0.497 e. The lowest BCUT2D eigenvalue weighted by Crippen LogP contribution is -2.10. The minimum Gasteiger partial charge on any atom is -0.497 e. The van der Waals surface area contributed by atoms with E-state index in [9.17, 15) is 13.2 Å². The van der Waals surface area contributed by atoms with Crippen LogP contribution in [0, 0.1) is 0 Å². The van der Waals surface area contributed by atoms with E-state index in [1.54, 1.807) is 0 Å². The van der Waals surface area contributed by atoms with Gasteiger partial charge in [0.05, 0.1) is 12.7 Å². The molecule has 2 nitrogen and oxygen atoms in total. The second-order valence-electron chi connectivity index (χ2n) is 2.99. The molecule has 0 saturated carbocycles. The molecule has 15 heavy (non-hydrogen) atoms. The molecule has 1 aromatic carbocycles. The van der Waals surface area contributed by atoms with E-state index in [0.717, 1.165) is 6.07 Å². The maximum Gasteiger partial charge on any atom is 0.416 e. The van der Waals surface area contributed by atoms with Crippen LogP contribution in [0.25, 0.3) is 0 Å². The summed E-state index contributed by atoms with van der Waals surface area (Å²) in [5, 5.41) is 8.64. The van der Waals surface area contributed by atoms with Gasteiger partial charge in [-0.1, -0.05) is 6.07 Å². The van der Waals surface area contributed by atoms with Crippen molar-refractivity contribution in [1.82, 2.24) is 0 Å². The molecule has 0 heterocycles. The molecular weight excluding hydrogens is 209 g/mol. The Hall–Kier alpha value is -1.23. The smallest absolute Gasteiger partial charge is 0.416 e. The molecule has 0 aliphatic heterocycles. The number of benzene rings is 1. The molecule has 0 saturated heterocycles. The molecule has 0 bridgehead atoms. The van der Waals surface area contributed by atoms with Crippen molar-refractivity contribution in [1.29, 1.82) is 0 Å². The summed E-state index contributed by atoms with van der Waals surface area (Å²) in [5.74, 6) is 0.156. The van der Waals surface area contributed by atoms with Gasteiger partial charge in [0.15, 0.2) is 0 Å². The Morgan fingerprint density at radius 2 is 2.00 bits per heavy atom. The topological polar surface area (TPSA) is 29.5 Å². The van der Waals surface area contributed by atoms with Crippen molar-refractivity contribution in [3.8, 4) is 5.75 Å². The minimum absolute atomic E-state index is 0.0150. The molecule has 0 amide bonds. The Balaban J connectivity index is 3.16. The number of hydrogen-bond donors (Lipinski definition) is 1. The molecule has 0 atom stereocenters. The highest BCUT2D eigenvalue weighted by Crippen LogP contribution is 2.34. The zero-order valence-corrected chi connectivity index (χ0v) is 8.14. The van der Waals surface area contributed by atoms with Crippen LogP contribution >= 0.6 is 0 Å². The number of halogens is 3. The number of hydrogen-bond acceptors (Lipinski definition) is 2. The van der Waals surface area contributed by atoms with Crippen LogP contribution in [0.3, 0.4) is 0 Å². The van der Waals surface area contributed by atoms with Crippen LogP contribution < -0.4 is 4.74 Å². The van der Waals surface area contributed by atoms with Gasteiger partial charge in [-0.2, -0.15) is 13.2 Å². The highest BCUT2D eigenvalue weighted by molar-refractivity contribution is 5.37. The maximum atomic E-state index is 12.6. The summed E-state index contributed by atoms with van der Waals surface area (Å²) in [4.78, 5) is 0. The van der Waals surface area contributed by atoms with Gasteiger partial charge in [0.2, 0.25) is 0 Å². The number of ether oxygens (including phenoxy) is 1. The van der Waals surface area contributed by atoms with Gasteiger partial charge in [0.25, 0.3) is 0 Å². The average Bonchev–Trinajstić information content (AvgIpc) is 2.17. The first kappa shape index (κ1) is 11.8. The van der Waals surface area contributed by atoms with Gasteiger partial charge in [-0.05, 0) is 24.1 Å². The molecule has 0 aliphatic carbocycles. The number of aliphatic hydroxyl groups is 1. The third kappa shape index (κ3) is 2.86. The van der Waals surface area contributed by atoms with E-state index in [4.69, 9.17) is 9.84 Å². The third-order valence-corrected chi connectivity index (χ3v) is 2.00. The van der Waals surface area contributed by atoms with Crippen LogP contribution in [-0.4, -0.2) is 18.8 Å². The second kappa shape index (κ2) is 4.53. The number of methoxy groups -OCH3 is 1. The minimum atomic E-state index is -4.42. The molecule has 1 aromatic rings. The summed E-state index contributed by atoms with van der Waals surface area (Å²) in [6.45, 7) is -0.310. The number of rotatable bonds is 3. The Bertz CT molecular complexity index is 334. The Kier molecular flexibility index (Phi) is 3.57. The predicted molar refractivity (Wildman–Crippen MR) is 48.8 cm³/mol. The van der Waals surface area contributed by atoms with E-state index in [1.807, 2.05) is 0 Å². The fourth-order valence-electron chi connectivity index (χ4n) is 1.28. The third-order valence-electron chi connectivity index (χ3n) is 2.00. The SMILES string of the molecule is COc1ccc(CCO)c(C(F)(F)F)c1. The summed E-state index contributed by atoms with van der Waals surface area (Å²) in [6.07, 6.45) is -4.43. The lowest BCUT2D eigenvalue weighted by molar-refractivity contribution is -0.138. The Morgan fingerprint density at radius 1 is 1.33 bits per heavy atom. The maximum absolute atomic E-state index is 12.6.